The first-order valence-corrected chi connectivity index (χ1v) is 7.05. The van der Waals surface area contributed by atoms with Crippen molar-refractivity contribution in [3.05, 3.63) is 36.9 Å². The Bertz CT molecular complexity index is 423. The summed E-state index contributed by atoms with van der Waals surface area (Å²) in [6, 6.07) is 6.76. The fourth-order valence-corrected chi connectivity index (χ4v) is 2.41. The molecule has 0 aliphatic carbocycles. The summed E-state index contributed by atoms with van der Waals surface area (Å²) < 4.78 is 25.7. The third-order valence-electron chi connectivity index (χ3n) is 1.79. The molecular weight excluding hydrogens is 230 g/mol. The van der Waals surface area contributed by atoms with Gasteiger partial charge in [0, 0.05) is 11.4 Å². The fourth-order valence-electron chi connectivity index (χ4n) is 1.01. The Morgan fingerprint density at radius 3 is 2.47 bits per heavy atom. The van der Waals surface area contributed by atoms with E-state index in [0.717, 1.165) is 4.90 Å². The summed E-state index contributed by atoms with van der Waals surface area (Å²) in [6.07, 6.45) is 3.45. The molecule has 0 fully saturated rings. The zero-order valence-corrected chi connectivity index (χ0v) is 10.1. The average molecular weight is 243 g/mol. The normalized spacial score (nSPS) is 11.3. The molecule has 0 unspecified atom stereocenters. The maximum atomic E-state index is 11.6. The highest BCUT2D eigenvalue weighted by atomic mass is 32.2. The molecule has 0 saturated carbocycles. The SMILES string of the molecule is C=CCNS(=O)(=O)c1ccc(SC)cc1. The van der Waals surface area contributed by atoms with Crippen LogP contribution in [0.4, 0.5) is 0 Å². The van der Waals surface area contributed by atoms with E-state index in [-0.39, 0.29) is 11.4 Å². The number of sulfonamides is 1. The third-order valence-corrected chi connectivity index (χ3v) is 3.97. The lowest BCUT2D eigenvalue weighted by Crippen LogP contribution is -2.23. The fraction of sp³-hybridized carbons (Fsp3) is 0.200. The van der Waals surface area contributed by atoms with E-state index in [1.807, 2.05) is 6.26 Å². The van der Waals surface area contributed by atoms with Gasteiger partial charge in [0.15, 0.2) is 0 Å². The van der Waals surface area contributed by atoms with Crippen LogP contribution in [0.5, 0.6) is 0 Å². The molecule has 1 rings (SSSR count). The van der Waals surface area contributed by atoms with Crippen LogP contribution in [0.3, 0.4) is 0 Å². The van der Waals surface area contributed by atoms with Gasteiger partial charge in [-0.1, -0.05) is 6.08 Å². The van der Waals surface area contributed by atoms with Crippen LogP contribution in [0.1, 0.15) is 0 Å². The second kappa shape index (κ2) is 5.34. The van der Waals surface area contributed by atoms with E-state index in [1.165, 1.54) is 6.08 Å². The molecule has 1 N–H and O–H groups in total. The van der Waals surface area contributed by atoms with E-state index in [9.17, 15) is 8.42 Å². The summed E-state index contributed by atoms with van der Waals surface area (Å²) in [5, 5.41) is 0. The summed E-state index contributed by atoms with van der Waals surface area (Å²) >= 11 is 1.57. The Labute approximate surface area is 94.6 Å². The minimum absolute atomic E-state index is 0.243. The first-order chi connectivity index (χ1) is 7.10. The second-order valence-electron chi connectivity index (χ2n) is 2.82. The largest absolute Gasteiger partial charge is 0.240 e. The first-order valence-electron chi connectivity index (χ1n) is 4.35. The van der Waals surface area contributed by atoms with Crippen molar-refractivity contribution in [1.29, 1.82) is 0 Å². The van der Waals surface area contributed by atoms with Gasteiger partial charge in [-0.25, -0.2) is 13.1 Å². The van der Waals surface area contributed by atoms with Crippen LogP contribution in [-0.2, 0) is 10.0 Å². The smallest absolute Gasteiger partial charge is 0.207 e. The molecule has 0 spiro atoms. The van der Waals surface area contributed by atoms with Gasteiger partial charge in [0.1, 0.15) is 0 Å². The minimum atomic E-state index is -3.38. The van der Waals surface area contributed by atoms with E-state index in [4.69, 9.17) is 0 Å². The Hall–Kier alpha value is -0.780. The standard InChI is InChI=1S/C10H13NO2S2/c1-3-8-11-15(12,13)10-6-4-9(14-2)5-7-10/h3-7,11H,1,8H2,2H3. The Morgan fingerprint density at radius 2 is 2.00 bits per heavy atom. The molecule has 0 radical (unpaired) electrons. The maximum Gasteiger partial charge on any atom is 0.240 e. The van der Waals surface area contributed by atoms with Gasteiger partial charge in [-0.05, 0) is 30.5 Å². The lowest BCUT2D eigenvalue weighted by atomic mass is 10.4. The predicted octanol–water partition coefficient (Wildman–Crippen LogP) is 1.87. The van der Waals surface area contributed by atoms with Crippen molar-refractivity contribution >= 4 is 21.8 Å². The molecule has 3 nitrogen and oxygen atoms in total. The molecule has 0 aliphatic rings. The number of nitrogens with one attached hydrogen (secondary N) is 1. The van der Waals surface area contributed by atoms with Gasteiger partial charge in [0.05, 0.1) is 4.90 Å². The van der Waals surface area contributed by atoms with Gasteiger partial charge in [0.2, 0.25) is 10.0 Å². The summed E-state index contributed by atoms with van der Waals surface area (Å²) in [5.41, 5.74) is 0. The Kier molecular flexibility index (Phi) is 4.38. The van der Waals surface area contributed by atoms with Gasteiger partial charge in [-0.15, -0.1) is 18.3 Å². The maximum absolute atomic E-state index is 11.6. The first kappa shape index (κ1) is 12.3. The van der Waals surface area contributed by atoms with Crippen molar-refractivity contribution in [2.45, 2.75) is 9.79 Å². The van der Waals surface area contributed by atoms with Crippen LogP contribution in [-0.4, -0.2) is 21.2 Å². The van der Waals surface area contributed by atoms with E-state index in [1.54, 1.807) is 36.0 Å². The summed E-state index contributed by atoms with van der Waals surface area (Å²) in [6.45, 7) is 3.70. The van der Waals surface area contributed by atoms with E-state index >= 15 is 0 Å². The molecule has 1 aromatic rings. The van der Waals surface area contributed by atoms with Crippen LogP contribution in [0.15, 0.2) is 46.7 Å². The van der Waals surface area contributed by atoms with Gasteiger partial charge < -0.3 is 0 Å². The van der Waals surface area contributed by atoms with E-state index in [2.05, 4.69) is 11.3 Å². The highest BCUT2D eigenvalue weighted by Crippen LogP contribution is 2.17. The molecule has 0 atom stereocenters. The van der Waals surface area contributed by atoms with Crippen LogP contribution >= 0.6 is 11.8 Å². The van der Waals surface area contributed by atoms with Gasteiger partial charge in [-0.3, -0.25) is 0 Å². The van der Waals surface area contributed by atoms with Gasteiger partial charge >= 0.3 is 0 Å². The molecule has 1 aromatic carbocycles. The molecule has 0 saturated heterocycles. The molecule has 82 valence electrons. The van der Waals surface area contributed by atoms with E-state index in [0.29, 0.717) is 0 Å². The lowest BCUT2D eigenvalue weighted by Gasteiger charge is -2.04. The highest BCUT2D eigenvalue weighted by Gasteiger charge is 2.11. The predicted molar refractivity (Wildman–Crippen MR) is 63.6 cm³/mol. The third kappa shape index (κ3) is 3.37. The van der Waals surface area contributed by atoms with Crippen LogP contribution in [0, 0.1) is 0 Å². The second-order valence-corrected chi connectivity index (χ2v) is 5.46. The monoisotopic (exact) mass is 243 g/mol. The number of rotatable bonds is 5. The van der Waals surface area contributed by atoms with E-state index < -0.39 is 10.0 Å². The Morgan fingerprint density at radius 1 is 1.40 bits per heavy atom. The topological polar surface area (TPSA) is 46.2 Å². The average Bonchev–Trinajstić information content (AvgIpc) is 2.26. The van der Waals surface area contributed by atoms with Crippen molar-refractivity contribution in [1.82, 2.24) is 4.72 Å². The van der Waals surface area contributed by atoms with Gasteiger partial charge in [0.25, 0.3) is 0 Å². The molecule has 0 aromatic heterocycles. The molecule has 15 heavy (non-hydrogen) atoms. The molecular formula is C10H13NO2S2. The van der Waals surface area contributed by atoms with Crippen molar-refractivity contribution < 1.29 is 8.42 Å². The number of thioether (sulfide) groups is 1. The van der Waals surface area contributed by atoms with Gasteiger partial charge in [-0.2, -0.15) is 0 Å². The minimum Gasteiger partial charge on any atom is -0.207 e. The van der Waals surface area contributed by atoms with Crippen LogP contribution < -0.4 is 4.72 Å². The highest BCUT2D eigenvalue weighted by molar-refractivity contribution is 7.98. The van der Waals surface area contributed by atoms with Crippen LogP contribution in [0.2, 0.25) is 0 Å². The quantitative estimate of drug-likeness (QED) is 0.634. The lowest BCUT2D eigenvalue weighted by molar-refractivity contribution is 0.585. The zero-order chi connectivity index (χ0) is 11.3. The summed E-state index contributed by atoms with van der Waals surface area (Å²) in [5.74, 6) is 0. The molecule has 0 heterocycles. The van der Waals surface area contributed by atoms with Crippen molar-refractivity contribution in [3.8, 4) is 0 Å². The molecule has 5 heteroatoms. The molecule has 0 aliphatic heterocycles. The van der Waals surface area contributed by atoms with Crippen molar-refractivity contribution in [3.63, 3.8) is 0 Å². The number of hydrogen-bond donors (Lipinski definition) is 1. The Balaban J connectivity index is 2.90. The number of hydrogen-bond acceptors (Lipinski definition) is 3. The molecule has 0 bridgehead atoms. The van der Waals surface area contributed by atoms with Crippen molar-refractivity contribution in [2.75, 3.05) is 12.8 Å². The summed E-state index contributed by atoms with van der Waals surface area (Å²) in [7, 11) is -3.38. The summed E-state index contributed by atoms with van der Waals surface area (Å²) in [4.78, 5) is 1.32. The van der Waals surface area contributed by atoms with Crippen molar-refractivity contribution in [2.24, 2.45) is 0 Å². The molecule has 0 amide bonds. The van der Waals surface area contributed by atoms with Crippen LogP contribution in [0.25, 0.3) is 0 Å². The zero-order valence-electron chi connectivity index (χ0n) is 8.43. The number of benzene rings is 1.